The molecule has 1 N–H and O–H groups in total. The SMILES string of the molecule is COc1cc(C=Nc2ccc(-c3ccccc3)cc2)ccc1O. The fraction of sp³-hybridized carbons (Fsp3) is 0.0500. The smallest absolute Gasteiger partial charge is 0.161 e. The van der Waals surface area contributed by atoms with E-state index in [9.17, 15) is 5.11 Å². The second-order valence-corrected chi connectivity index (χ2v) is 5.10. The van der Waals surface area contributed by atoms with Gasteiger partial charge in [-0.3, -0.25) is 4.99 Å². The van der Waals surface area contributed by atoms with Crippen molar-refractivity contribution < 1.29 is 9.84 Å². The maximum atomic E-state index is 9.59. The molecule has 3 aromatic carbocycles. The summed E-state index contributed by atoms with van der Waals surface area (Å²) in [5.41, 5.74) is 4.09. The molecule has 3 rings (SSSR count). The van der Waals surface area contributed by atoms with Crippen molar-refractivity contribution in [2.24, 2.45) is 4.99 Å². The van der Waals surface area contributed by atoms with Crippen LogP contribution in [0.2, 0.25) is 0 Å². The molecule has 0 spiro atoms. The van der Waals surface area contributed by atoms with Crippen molar-refractivity contribution in [3.63, 3.8) is 0 Å². The van der Waals surface area contributed by atoms with E-state index < -0.39 is 0 Å². The summed E-state index contributed by atoms with van der Waals surface area (Å²) in [6.45, 7) is 0. The van der Waals surface area contributed by atoms with Gasteiger partial charge in [0.05, 0.1) is 12.8 Å². The summed E-state index contributed by atoms with van der Waals surface area (Å²) < 4.78 is 5.09. The van der Waals surface area contributed by atoms with Crippen LogP contribution in [0.5, 0.6) is 11.5 Å². The molecule has 0 radical (unpaired) electrons. The molecule has 3 nitrogen and oxygen atoms in total. The van der Waals surface area contributed by atoms with Crippen molar-refractivity contribution in [3.05, 3.63) is 78.4 Å². The predicted octanol–water partition coefficient (Wildman–Crippen LogP) is 4.82. The number of nitrogens with zero attached hydrogens (tertiary/aromatic N) is 1. The third-order valence-electron chi connectivity index (χ3n) is 3.54. The van der Waals surface area contributed by atoms with Gasteiger partial charge in [-0.05, 0) is 47.0 Å². The molecular formula is C20H17NO2. The Kier molecular flexibility index (Phi) is 4.39. The van der Waals surface area contributed by atoms with Gasteiger partial charge in [-0.15, -0.1) is 0 Å². The molecule has 0 atom stereocenters. The Hall–Kier alpha value is -3.07. The maximum Gasteiger partial charge on any atom is 0.161 e. The van der Waals surface area contributed by atoms with E-state index in [2.05, 4.69) is 29.3 Å². The average molecular weight is 303 g/mol. The molecule has 0 saturated carbocycles. The van der Waals surface area contributed by atoms with Crippen LogP contribution in [0.25, 0.3) is 11.1 Å². The van der Waals surface area contributed by atoms with Crippen molar-refractivity contribution in [2.45, 2.75) is 0 Å². The number of methoxy groups -OCH3 is 1. The minimum atomic E-state index is 0.122. The quantitative estimate of drug-likeness (QED) is 0.702. The Balaban J connectivity index is 1.78. The van der Waals surface area contributed by atoms with Gasteiger partial charge in [0, 0.05) is 6.21 Å². The molecule has 0 saturated heterocycles. The highest BCUT2D eigenvalue weighted by Gasteiger charge is 2.01. The lowest BCUT2D eigenvalue weighted by molar-refractivity contribution is 0.373. The molecule has 114 valence electrons. The first kappa shape index (κ1) is 14.9. The minimum Gasteiger partial charge on any atom is -0.504 e. The summed E-state index contributed by atoms with van der Waals surface area (Å²) in [6.07, 6.45) is 1.75. The summed E-state index contributed by atoms with van der Waals surface area (Å²) >= 11 is 0. The van der Waals surface area contributed by atoms with Crippen LogP contribution in [0.4, 0.5) is 5.69 Å². The second kappa shape index (κ2) is 6.79. The number of aliphatic imine (C=N–C) groups is 1. The highest BCUT2D eigenvalue weighted by molar-refractivity contribution is 5.83. The molecule has 0 heterocycles. The minimum absolute atomic E-state index is 0.122. The first-order valence-corrected chi connectivity index (χ1v) is 7.33. The monoisotopic (exact) mass is 303 g/mol. The lowest BCUT2D eigenvalue weighted by Gasteiger charge is -2.04. The van der Waals surface area contributed by atoms with Crippen molar-refractivity contribution in [1.82, 2.24) is 0 Å². The van der Waals surface area contributed by atoms with Gasteiger partial charge in [0.25, 0.3) is 0 Å². The number of hydrogen-bond acceptors (Lipinski definition) is 3. The molecule has 0 aliphatic heterocycles. The number of phenols is 1. The van der Waals surface area contributed by atoms with Crippen LogP contribution >= 0.6 is 0 Å². The van der Waals surface area contributed by atoms with E-state index in [1.165, 1.54) is 12.7 Å². The lowest BCUT2D eigenvalue weighted by atomic mass is 10.1. The fourth-order valence-electron chi connectivity index (χ4n) is 2.29. The zero-order chi connectivity index (χ0) is 16.1. The van der Waals surface area contributed by atoms with Gasteiger partial charge in [-0.25, -0.2) is 0 Å². The van der Waals surface area contributed by atoms with Gasteiger partial charge in [-0.1, -0.05) is 42.5 Å². The molecule has 0 unspecified atom stereocenters. The maximum absolute atomic E-state index is 9.59. The van der Waals surface area contributed by atoms with Crippen molar-refractivity contribution in [1.29, 1.82) is 0 Å². The standard InChI is InChI=1S/C20H17NO2/c1-23-20-13-15(7-12-19(20)22)14-21-18-10-8-17(9-11-18)16-5-3-2-4-6-16/h2-14,22H,1H3. The molecule has 0 bridgehead atoms. The van der Waals surface area contributed by atoms with Gasteiger partial charge >= 0.3 is 0 Å². The van der Waals surface area contributed by atoms with Crippen molar-refractivity contribution >= 4 is 11.9 Å². The number of phenolic OH excluding ortho intramolecular Hbond substituents is 1. The molecule has 3 heteroatoms. The van der Waals surface area contributed by atoms with Gasteiger partial charge < -0.3 is 9.84 Å². The average Bonchev–Trinajstić information content (AvgIpc) is 2.62. The molecular weight excluding hydrogens is 286 g/mol. The van der Waals surface area contributed by atoms with Crippen molar-refractivity contribution in [2.75, 3.05) is 7.11 Å². The second-order valence-electron chi connectivity index (χ2n) is 5.10. The van der Waals surface area contributed by atoms with Crippen LogP contribution < -0.4 is 4.74 Å². The number of rotatable bonds is 4. The Morgan fingerprint density at radius 1 is 0.870 bits per heavy atom. The number of benzene rings is 3. The van der Waals surface area contributed by atoms with E-state index in [1.54, 1.807) is 24.4 Å². The predicted molar refractivity (Wildman–Crippen MR) is 93.8 cm³/mol. The van der Waals surface area contributed by atoms with E-state index in [-0.39, 0.29) is 5.75 Å². The summed E-state index contributed by atoms with van der Waals surface area (Å²) in [7, 11) is 1.53. The summed E-state index contributed by atoms with van der Waals surface area (Å²) in [4.78, 5) is 4.45. The zero-order valence-electron chi connectivity index (χ0n) is 12.8. The van der Waals surface area contributed by atoms with Crippen LogP contribution in [0.1, 0.15) is 5.56 Å². The Morgan fingerprint density at radius 2 is 1.57 bits per heavy atom. The number of hydrogen-bond donors (Lipinski definition) is 1. The summed E-state index contributed by atoms with van der Waals surface area (Å²) in [6, 6.07) is 23.4. The van der Waals surface area contributed by atoms with E-state index >= 15 is 0 Å². The van der Waals surface area contributed by atoms with E-state index in [0.29, 0.717) is 5.75 Å². The van der Waals surface area contributed by atoms with Crippen LogP contribution in [0, 0.1) is 0 Å². The summed E-state index contributed by atoms with van der Waals surface area (Å²) in [5, 5.41) is 9.59. The Bertz CT molecular complexity index is 809. The molecule has 0 amide bonds. The van der Waals surface area contributed by atoms with Gasteiger partial charge in [0.1, 0.15) is 0 Å². The first-order chi connectivity index (χ1) is 11.3. The summed E-state index contributed by atoms with van der Waals surface area (Å²) in [5.74, 6) is 0.560. The van der Waals surface area contributed by atoms with E-state index in [1.807, 2.05) is 30.3 Å². The van der Waals surface area contributed by atoms with E-state index in [4.69, 9.17) is 4.74 Å². The third-order valence-corrected chi connectivity index (χ3v) is 3.54. The van der Waals surface area contributed by atoms with Gasteiger partial charge in [0.15, 0.2) is 11.5 Å². The first-order valence-electron chi connectivity index (χ1n) is 7.33. The normalized spacial score (nSPS) is 10.8. The van der Waals surface area contributed by atoms with Crippen molar-refractivity contribution in [3.8, 4) is 22.6 Å². The Morgan fingerprint density at radius 3 is 2.26 bits per heavy atom. The van der Waals surface area contributed by atoms with Crippen LogP contribution in [-0.2, 0) is 0 Å². The van der Waals surface area contributed by atoms with Crippen LogP contribution in [0.15, 0.2) is 77.8 Å². The van der Waals surface area contributed by atoms with Gasteiger partial charge in [0.2, 0.25) is 0 Å². The molecule has 0 fully saturated rings. The number of ether oxygens (including phenoxy) is 1. The fourth-order valence-corrected chi connectivity index (χ4v) is 2.29. The molecule has 0 aliphatic rings. The number of aromatic hydroxyl groups is 1. The van der Waals surface area contributed by atoms with Gasteiger partial charge in [-0.2, -0.15) is 0 Å². The highest BCUT2D eigenvalue weighted by atomic mass is 16.5. The zero-order valence-corrected chi connectivity index (χ0v) is 12.8. The van der Waals surface area contributed by atoms with Crippen LogP contribution in [-0.4, -0.2) is 18.4 Å². The topological polar surface area (TPSA) is 41.8 Å². The highest BCUT2D eigenvalue weighted by Crippen LogP contribution is 2.26. The van der Waals surface area contributed by atoms with Crippen LogP contribution in [0.3, 0.4) is 0 Å². The molecule has 3 aromatic rings. The molecule has 0 aliphatic carbocycles. The third kappa shape index (κ3) is 3.58. The Labute approximate surface area is 135 Å². The lowest BCUT2D eigenvalue weighted by Crippen LogP contribution is -1.86. The molecule has 23 heavy (non-hydrogen) atoms. The largest absolute Gasteiger partial charge is 0.504 e. The molecule has 0 aromatic heterocycles. The van der Waals surface area contributed by atoms with E-state index in [0.717, 1.165) is 16.8 Å².